The fourth-order valence-corrected chi connectivity index (χ4v) is 3.76. The molecule has 3 heterocycles. The highest BCUT2D eigenvalue weighted by Crippen LogP contribution is 2.45. The first-order valence-corrected chi connectivity index (χ1v) is 10.6. The fourth-order valence-electron chi connectivity index (χ4n) is 3.76. The van der Waals surface area contributed by atoms with Crippen LogP contribution in [-0.4, -0.2) is 45.8 Å². The molecule has 0 N–H and O–H groups in total. The van der Waals surface area contributed by atoms with Crippen molar-refractivity contribution in [3.05, 3.63) is 23.7 Å². The fraction of sp³-hybridized carbons (Fsp3) is 0.682. The van der Waals surface area contributed by atoms with Gasteiger partial charge in [-0.3, -0.25) is 9.88 Å². The van der Waals surface area contributed by atoms with Crippen LogP contribution in [0.3, 0.4) is 0 Å². The summed E-state index contributed by atoms with van der Waals surface area (Å²) >= 11 is 0. The van der Waals surface area contributed by atoms with Crippen LogP contribution < -0.4 is 4.74 Å². The van der Waals surface area contributed by atoms with Crippen LogP contribution in [0.2, 0.25) is 0 Å². The molecule has 1 aliphatic heterocycles. The topological polar surface area (TPSA) is 64.3 Å². The lowest BCUT2D eigenvalue weighted by Gasteiger charge is -2.29. The van der Waals surface area contributed by atoms with E-state index >= 15 is 0 Å². The van der Waals surface area contributed by atoms with Crippen LogP contribution in [0.1, 0.15) is 77.2 Å². The monoisotopic (exact) mass is 384 g/mol. The third-order valence-electron chi connectivity index (χ3n) is 5.50. The van der Waals surface area contributed by atoms with Crippen LogP contribution in [0.15, 0.2) is 16.8 Å². The molecule has 0 aromatic carbocycles. The third kappa shape index (κ3) is 4.54. The molecule has 1 atom stereocenters. The molecule has 0 radical (unpaired) electrons. The van der Waals surface area contributed by atoms with Gasteiger partial charge in [-0.25, -0.2) is 0 Å². The molecule has 1 unspecified atom stereocenters. The van der Waals surface area contributed by atoms with Gasteiger partial charge in [0.2, 0.25) is 11.7 Å². The summed E-state index contributed by atoms with van der Waals surface area (Å²) < 4.78 is 11.9. The third-order valence-corrected chi connectivity index (χ3v) is 5.50. The van der Waals surface area contributed by atoms with Crippen molar-refractivity contribution in [2.75, 3.05) is 19.6 Å². The lowest BCUT2D eigenvalue weighted by atomic mass is 9.97. The second-order valence-electron chi connectivity index (χ2n) is 9.34. The Bertz CT molecular complexity index is 801. The summed E-state index contributed by atoms with van der Waals surface area (Å²) in [6.07, 6.45) is 8.47. The van der Waals surface area contributed by atoms with Crippen molar-refractivity contribution < 1.29 is 9.26 Å². The van der Waals surface area contributed by atoms with Gasteiger partial charge in [-0.05, 0) is 51.6 Å². The van der Waals surface area contributed by atoms with Crippen LogP contribution in [0.5, 0.6) is 5.75 Å². The summed E-state index contributed by atoms with van der Waals surface area (Å²) in [5, 5.41) is 4.14. The summed E-state index contributed by atoms with van der Waals surface area (Å²) in [5.74, 6) is 2.66. The Morgan fingerprint density at radius 3 is 2.61 bits per heavy atom. The molecular weight excluding hydrogens is 352 g/mol. The number of hydrogen-bond donors (Lipinski definition) is 0. The minimum absolute atomic E-state index is 0.140. The maximum Gasteiger partial charge on any atom is 0.232 e. The quantitative estimate of drug-likeness (QED) is 0.727. The average Bonchev–Trinajstić information content (AvgIpc) is 3.36. The molecular formula is C22H32N4O2. The Hall–Kier alpha value is -1.95. The summed E-state index contributed by atoms with van der Waals surface area (Å²) in [7, 11) is 0. The molecule has 4 rings (SSSR count). The first-order chi connectivity index (χ1) is 13.4. The van der Waals surface area contributed by atoms with E-state index in [1.165, 1.54) is 50.8 Å². The number of likely N-dealkylation sites (tertiary alicyclic amines) is 1. The zero-order valence-electron chi connectivity index (χ0n) is 17.6. The van der Waals surface area contributed by atoms with Gasteiger partial charge in [0.15, 0.2) is 0 Å². The van der Waals surface area contributed by atoms with E-state index in [2.05, 4.69) is 47.7 Å². The minimum atomic E-state index is -0.179. The van der Waals surface area contributed by atoms with E-state index in [0.717, 1.165) is 12.3 Å². The standard InChI is InChI=1S/C22H32N4O2/c1-15(14-26-10-6-5-7-11-26)27-19-12-18(23-13-17(19)16-8-9-16)20-24-21(28-25-20)22(2,3)4/h12-13,15-16H,5-11,14H2,1-4H3. The predicted octanol–water partition coefficient (Wildman–Crippen LogP) is 4.56. The Kier molecular flexibility index (Phi) is 5.41. The van der Waals surface area contributed by atoms with E-state index in [1.807, 2.05) is 12.3 Å². The summed E-state index contributed by atoms with van der Waals surface area (Å²) in [5.41, 5.74) is 1.75. The van der Waals surface area contributed by atoms with Crippen molar-refractivity contribution in [1.82, 2.24) is 20.0 Å². The average molecular weight is 385 g/mol. The molecule has 0 spiro atoms. The molecule has 2 aliphatic rings. The highest BCUT2D eigenvalue weighted by atomic mass is 16.5. The minimum Gasteiger partial charge on any atom is -0.489 e. The first kappa shape index (κ1) is 19.4. The van der Waals surface area contributed by atoms with E-state index in [9.17, 15) is 0 Å². The van der Waals surface area contributed by atoms with Gasteiger partial charge in [-0.15, -0.1) is 0 Å². The normalized spacial score (nSPS) is 19.6. The predicted molar refractivity (Wildman–Crippen MR) is 109 cm³/mol. The van der Waals surface area contributed by atoms with Gasteiger partial charge < -0.3 is 9.26 Å². The summed E-state index contributed by atoms with van der Waals surface area (Å²) in [4.78, 5) is 11.7. The zero-order chi connectivity index (χ0) is 19.7. The van der Waals surface area contributed by atoms with Gasteiger partial charge >= 0.3 is 0 Å². The Morgan fingerprint density at radius 1 is 1.21 bits per heavy atom. The molecule has 2 aromatic heterocycles. The van der Waals surface area contributed by atoms with Gasteiger partial charge in [-0.2, -0.15) is 4.98 Å². The smallest absolute Gasteiger partial charge is 0.232 e. The molecule has 1 saturated carbocycles. The van der Waals surface area contributed by atoms with Gasteiger partial charge in [0, 0.05) is 29.8 Å². The molecule has 1 saturated heterocycles. The van der Waals surface area contributed by atoms with Crippen LogP contribution in [0.25, 0.3) is 11.5 Å². The second-order valence-corrected chi connectivity index (χ2v) is 9.34. The second kappa shape index (κ2) is 7.82. The Morgan fingerprint density at radius 2 is 1.96 bits per heavy atom. The number of ether oxygens (including phenoxy) is 1. The van der Waals surface area contributed by atoms with Gasteiger partial charge in [0.05, 0.1) is 0 Å². The number of hydrogen-bond acceptors (Lipinski definition) is 6. The maximum atomic E-state index is 6.42. The molecule has 28 heavy (non-hydrogen) atoms. The number of pyridine rings is 1. The highest BCUT2D eigenvalue weighted by molar-refractivity contribution is 5.54. The van der Waals surface area contributed by atoms with Crippen molar-refractivity contribution in [3.8, 4) is 17.3 Å². The number of piperidine rings is 1. The highest BCUT2D eigenvalue weighted by Gasteiger charge is 2.29. The maximum absolute atomic E-state index is 6.42. The van der Waals surface area contributed by atoms with E-state index in [0.29, 0.717) is 23.3 Å². The molecule has 152 valence electrons. The number of nitrogens with zero attached hydrogens (tertiary/aromatic N) is 4. The zero-order valence-corrected chi connectivity index (χ0v) is 17.6. The lowest BCUT2D eigenvalue weighted by Crippen LogP contribution is -2.37. The van der Waals surface area contributed by atoms with Crippen LogP contribution in [0.4, 0.5) is 0 Å². The van der Waals surface area contributed by atoms with Crippen LogP contribution in [-0.2, 0) is 5.41 Å². The lowest BCUT2D eigenvalue weighted by molar-refractivity contribution is 0.129. The number of rotatable bonds is 6. The largest absolute Gasteiger partial charge is 0.489 e. The molecule has 0 bridgehead atoms. The molecule has 6 heteroatoms. The number of aromatic nitrogens is 3. The van der Waals surface area contributed by atoms with Gasteiger partial charge in [0.1, 0.15) is 17.5 Å². The van der Waals surface area contributed by atoms with Crippen molar-refractivity contribution in [3.63, 3.8) is 0 Å². The van der Waals surface area contributed by atoms with E-state index in [1.54, 1.807) is 0 Å². The van der Waals surface area contributed by atoms with Gasteiger partial charge in [-0.1, -0.05) is 32.3 Å². The Balaban J connectivity index is 1.53. The first-order valence-electron chi connectivity index (χ1n) is 10.6. The van der Waals surface area contributed by atoms with E-state index < -0.39 is 0 Å². The summed E-state index contributed by atoms with van der Waals surface area (Å²) in [6, 6.07) is 2.00. The Labute approximate surface area is 167 Å². The van der Waals surface area contributed by atoms with Gasteiger partial charge in [0.25, 0.3) is 0 Å². The van der Waals surface area contributed by atoms with Crippen LogP contribution >= 0.6 is 0 Å². The molecule has 1 aliphatic carbocycles. The molecule has 0 amide bonds. The van der Waals surface area contributed by atoms with Crippen molar-refractivity contribution in [2.45, 2.75) is 77.2 Å². The molecule has 6 nitrogen and oxygen atoms in total. The van der Waals surface area contributed by atoms with E-state index in [4.69, 9.17) is 9.26 Å². The van der Waals surface area contributed by atoms with E-state index in [-0.39, 0.29) is 11.5 Å². The van der Waals surface area contributed by atoms with Crippen LogP contribution in [0, 0.1) is 0 Å². The van der Waals surface area contributed by atoms with Crippen molar-refractivity contribution >= 4 is 0 Å². The van der Waals surface area contributed by atoms with Crippen molar-refractivity contribution in [2.24, 2.45) is 0 Å². The SMILES string of the molecule is CC(CN1CCCCC1)Oc1cc(-c2noc(C(C)(C)C)n2)ncc1C1CC1. The molecule has 2 fully saturated rings. The summed E-state index contributed by atoms with van der Waals surface area (Å²) in [6.45, 7) is 11.7. The molecule has 2 aromatic rings. The van der Waals surface area contributed by atoms with Crippen molar-refractivity contribution in [1.29, 1.82) is 0 Å².